The molecule has 0 amide bonds. The smallest absolute Gasteiger partial charge is 0.122 e. The quantitative estimate of drug-likeness (QED) is 0.595. The van der Waals surface area contributed by atoms with Gasteiger partial charge in [0.05, 0.1) is 13.7 Å². The maximum absolute atomic E-state index is 5.33. The third kappa shape index (κ3) is 7.15. The lowest BCUT2D eigenvalue weighted by Crippen LogP contribution is -2.25. The maximum atomic E-state index is 5.33. The second-order valence-electron chi connectivity index (χ2n) is 4.41. The second-order valence-corrected chi connectivity index (χ2v) is 4.41. The topological polar surface area (TPSA) is 42.5 Å². The van der Waals surface area contributed by atoms with E-state index in [9.17, 15) is 0 Å². The van der Waals surface area contributed by atoms with Gasteiger partial charge >= 0.3 is 0 Å². The van der Waals surface area contributed by atoms with Crippen molar-refractivity contribution in [1.29, 1.82) is 0 Å². The van der Waals surface area contributed by atoms with E-state index in [1.165, 1.54) is 5.56 Å². The lowest BCUT2D eigenvalue weighted by atomic mass is 10.1. The standard InChI is InChI=1S/C15H26N2O2/c1-18-13-12-17-10-5-9-16-11-8-14-6-3-4-7-15(14)19-2/h3-4,6-7,16-17H,5,8-13H2,1-2H3. The van der Waals surface area contributed by atoms with Gasteiger partial charge in [-0.25, -0.2) is 0 Å². The highest BCUT2D eigenvalue weighted by Gasteiger charge is 2.00. The fourth-order valence-electron chi connectivity index (χ4n) is 1.90. The van der Waals surface area contributed by atoms with E-state index < -0.39 is 0 Å². The summed E-state index contributed by atoms with van der Waals surface area (Å²) in [5.74, 6) is 0.977. The fourth-order valence-corrected chi connectivity index (χ4v) is 1.90. The second kappa shape index (κ2) is 10.8. The summed E-state index contributed by atoms with van der Waals surface area (Å²) in [6.45, 7) is 4.76. The molecule has 0 aliphatic rings. The molecule has 0 heterocycles. The summed E-state index contributed by atoms with van der Waals surface area (Å²) in [4.78, 5) is 0. The zero-order chi connectivity index (χ0) is 13.8. The summed E-state index contributed by atoms with van der Waals surface area (Å²) >= 11 is 0. The summed E-state index contributed by atoms with van der Waals surface area (Å²) in [6.07, 6.45) is 2.14. The van der Waals surface area contributed by atoms with Crippen molar-refractivity contribution in [3.8, 4) is 5.75 Å². The molecule has 0 fully saturated rings. The van der Waals surface area contributed by atoms with Crippen LogP contribution in [-0.2, 0) is 11.2 Å². The van der Waals surface area contributed by atoms with E-state index in [2.05, 4.69) is 22.8 Å². The Bertz CT molecular complexity index is 332. The molecule has 0 saturated carbocycles. The third-order valence-electron chi connectivity index (χ3n) is 2.95. The van der Waals surface area contributed by atoms with E-state index in [0.29, 0.717) is 0 Å². The Morgan fingerprint density at radius 1 is 0.947 bits per heavy atom. The van der Waals surface area contributed by atoms with E-state index >= 15 is 0 Å². The average Bonchev–Trinajstić information content (AvgIpc) is 2.46. The molecule has 19 heavy (non-hydrogen) atoms. The minimum atomic E-state index is 0.779. The zero-order valence-electron chi connectivity index (χ0n) is 12.1. The van der Waals surface area contributed by atoms with E-state index in [0.717, 1.165) is 51.4 Å². The monoisotopic (exact) mass is 266 g/mol. The number of ether oxygens (including phenoxy) is 2. The molecule has 1 rings (SSSR count). The zero-order valence-corrected chi connectivity index (χ0v) is 12.1. The fraction of sp³-hybridized carbons (Fsp3) is 0.600. The van der Waals surface area contributed by atoms with Crippen molar-refractivity contribution in [2.24, 2.45) is 0 Å². The van der Waals surface area contributed by atoms with Gasteiger partial charge in [0.2, 0.25) is 0 Å². The number of methoxy groups -OCH3 is 2. The van der Waals surface area contributed by atoms with E-state index in [1.54, 1.807) is 14.2 Å². The van der Waals surface area contributed by atoms with Crippen molar-refractivity contribution in [1.82, 2.24) is 10.6 Å². The molecule has 0 radical (unpaired) electrons. The van der Waals surface area contributed by atoms with Crippen LogP contribution in [0.2, 0.25) is 0 Å². The molecular weight excluding hydrogens is 240 g/mol. The molecule has 0 aliphatic heterocycles. The number of hydrogen-bond acceptors (Lipinski definition) is 4. The van der Waals surface area contributed by atoms with E-state index in [-0.39, 0.29) is 0 Å². The summed E-state index contributed by atoms with van der Waals surface area (Å²) in [5, 5.41) is 6.78. The first kappa shape index (κ1) is 16.0. The minimum absolute atomic E-state index is 0.779. The SMILES string of the molecule is COCCNCCCNCCc1ccccc1OC. The first-order valence-electron chi connectivity index (χ1n) is 6.90. The van der Waals surface area contributed by atoms with Crippen LogP contribution in [0.1, 0.15) is 12.0 Å². The summed E-state index contributed by atoms with van der Waals surface area (Å²) in [6, 6.07) is 8.18. The predicted octanol–water partition coefficient (Wildman–Crippen LogP) is 1.45. The molecule has 0 bridgehead atoms. The van der Waals surface area contributed by atoms with Crippen molar-refractivity contribution in [3.05, 3.63) is 29.8 Å². The number of benzene rings is 1. The summed E-state index contributed by atoms with van der Waals surface area (Å²) < 4.78 is 10.3. The van der Waals surface area contributed by atoms with Crippen LogP contribution >= 0.6 is 0 Å². The van der Waals surface area contributed by atoms with Crippen LogP contribution in [0.25, 0.3) is 0 Å². The van der Waals surface area contributed by atoms with Gasteiger partial charge in [0.15, 0.2) is 0 Å². The highest BCUT2D eigenvalue weighted by molar-refractivity contribution is 5.33. The van der Waals surface area contributed by atoms with Crippen molar-refractivity contribution in [2.75, 3.05) is 47.0 Å². The van der Waals surface area contributed by atoms with Gasteiger partial charge in [-0.05, 0) is 44.1 Å². The van der Waals surface area contributed by atoms with Gasteiger partial charge in [-0.1, -0.05) is 18.2 Å². The predicted molar refractivity (Wildman–Crippen MR) is 78.9 cm³/mol. The van der Waals surface area contributed by atoms with Gasteiger partial charge in [0.25, 0.3) is 0 Å². The number of hydrogen-bond donors (Lipinski definition) is 2. The van der Waals surface area contributed by atoms with Crippen LogP contribution in [0, 0.1) is 0 Å². The molecule has 2 N–H and O–H groups in total. The minimum Gasteiger partial charge on any atom is -0.496 e. The highest BCUT2D eigenvalue weighted by atomic mass is 16.5. The molecule has 4 nitrogen and oxygen atoms in total. The Labute approximate surface area is 116 Å². The maximum Gasteiger partial charge on any atom is 0.122 e. The summed E-state index contributed by atoms with van der Waals surface area (Å²) in [7, 11) is 3.44. The molecule has 0 unspecified atom stereocenters. The van der Waals surface area contributed by atoms with Gasteiger partial charge in [0.1, 0.15) is 5.75 Å². The lowest BCUT2D eigenvalue weighted by Gasteiger charge is -2.09. The van der Waals surface area contributed by atoms with Crippen LogP contribution < -0.4 is 15.4 Å². The van der Waals surface area contributed by atoms with Crippen molar-refractivity contribution >= 4 is 0 Å². The Balaban J connectivity index is 2.01. The largest absolute Gasteiger partial charge is 0.496 e. The normalized spacial score (nSPS) is 10.6. The molecule has 0 saturated heterocycles. The van der Waals surface area contributed by atoms with Crippen LogP contribution in [0.5, 0.6) is 5.75 Å². The number of nitrogens with one attached hydrogen (secondary N) is 2. The highest BCUT2D eigenvalue weighted by Crippen LogP contribution is 2.16. The number of rotatable bonds is 11. The molecule has 108 valence electrons. The van der Waals surface area contributed by atoms with Gasteiger partial charge in [-0.3, -0.25) is 0 Å². The Morgan fingerprint density at radius 3 is 2.42 bits per heavy atom. The third-order valence-corrected chi connectivity index (χ3v) is 2.95. The molecular formula is C15H26N2O2. The summed E-state index contributed by atoms with van der Waals surface area (Å²) in [5.41, 5.74) is 1.26. The average molecular weight is 266 g/mol. The van der Waals surface area contributed by atoms with E-state index in [1.807, 2.05) is 12.1 Å². The Morgan fingerprint density at radius 2 is 1.68 bits per heavy atom. The Kier molecular flexibility index (Phi) is 9.06. The molecule has 1 aromatic carbocycles. The molecule has 0 spiro atoms. The van der Waals surface area contributed by atoms with Crippen molar-refractivity contribution in [3.63, 3.8) is 0 Å². The van der Waals surface area contributed by atoms with Crippen LogP contribution in [0.3, 0.4) is 0 Å². The Hall–Kier alpha value is -1.10. The molecule has 4 heteroatoms. The van der Waals surface area contributed by atoms with Crippen LogP contribution in [0.4, 0.5) is 0 Å². The molecule has 0 aromatic heterocycles. The van der Waals surface area contributed by atoms with Gasteiger partial charge in [0, 0.05) is 13.7 Å². The molecule has 0 atom stereocenters. The number of para-hydroxylation sites is 1. The first-order chi connectivity index (χ1) is 9.38. The first-order valence-corrected chi connectivity index (χ1v) is 6.90. The van der Waals surface area contributed by atoms with E-state index in [4.69, 9.17) is 9.47 Å². The lowest BCUT2D eigenvalue weighted by molar-refractivity contribution is 0.199. The van der Waals surface area contributed by atoms with Crippen LogP contribution in [-0.4, -0.2) is 47.0 Å². The van der Waals surface area contributed by atoms with Crippen molar-refractivity contribution < 1.29 is 9.47 Å². The molecule has 0 aliphatic carbocycles. The van der Waals surface area contributed by atoms with Crippen LogP contribution in [0.15, 0.2) is 24.3 Å². The van der Waals surface area contributed by atoms with Gasteiger partial charge < -0.3 is 20.1 Å². The van der Waals surface area contributed by atoms with Crippen molar-refractivity contribution in [2.45, 2.75) is 12.8 Å². The molecule has 1 aromatic rings. The van der Waals surface area contributed by atoms with Gasteiger partial charge in [-0.2, -0.15) is 0 Å². The van der Waals surface area contributed by atoms with Gasteiger partial charge in [-0.15, -0.1) is 0 Å².